The van der Waals surface area contributed by atoms with Crippen molar-refractivity contribution in [3.63, 3.8) is 0 Å². The van der Waals surface area contributed by atoms with Crippen LogP contribution in [0.25, 0.3) is 0 Å². The van der Waals surface area contributed by atoms with Crippen LogP contribution in [0.2, 0.25) is 6.32 Å². The Hall–Kier alpha value is -2.14. The van der Waals surface area contributed by atoms with Crippen LogP contribution < -0.4 is 5.32 Å². The minimum atomic E-state index is -1.29. The van der Waals surface area contributed by atoms with Crippen LogP contribution in [0.1, 0.15) is 85.3 Å². The molecule has 0 saturated carbocycles. The molecule has 0 spiro atoms. The molecule has 0 aromatic heterocycles. The standard InChI is InChI=1S/C30H49BN2O7/c1-27(2,3)38-26(36)32-30(25(35)37-8,15-11-12-17-31-39-28(4,5)29(6,7)40-31)16-18-33-20-23-14-10-9-13-22(23)19-24(33)21-34/h9-10,13-14,24,34H,11-12,15-21H2,1-8H3,(H,32,36). The van der Waals surface area contributed by atoms with E-state index in [4.69, 9.17) is 18.8 Å². The van der Waals surface area contributed by atoms with Crippen molar-refractivity contribution < 1.29 is 33.5 Å². The maximum Gasteiger partial charge on any atom is 0.457 e. The predicted octanol–water partition coefficient (Wildman–Crippen LogP) is 4.49. The molecule has 1 amide bonds. The summed E-state index contributed by atoms with van der Waals surface area (Å²) < 4.78 is 23.1. The monoisotopic (exact) mass is 560 g/mol. The second-order valence-corrected chi connectivity index (χ2v) is 13.2. The number of aliphatic hydroxyl groups excluding tert-OH is 1. The molecule has 1 aromatic carbocycles. The Morgan fingerprint density at radius 2 is 1.70 bits per heavy atom. The van der Waals surface area contributed by atoms with E-state index in [1.165, 1.54) is 18.2 Å². The average molecular weight is 561 g/mol. The van der Waals surface area contributed by atoms with E-state index < -0.39 is 34.4 Å². The van der Waals surface area contributed by atoms with Gasteiger partial charge in [-0.05, 0) is 85.2 Å². The van der Waals surface area contributed by atoms with Gasteiger partial charge in [0.05, 0.1) is 24.9 Å². The zero-order chi connectivity index (χ0) is 29.8. The van der Waals surface area contributed by atoms with Gasteiger partial charge in [-0.15, -0.1) is 0 Å². The van der Waals surface area contributed by atoms with Crippen LogP contribution in [0.15, 0.2) is 24.3 Å². The first kappa shape index (κ1) is 32.4. The molecule has 10 heteroatoms. The molecule has 2 aliphatic rings. The fraction of sp³-hybridized carbons (Fsp3) is 0.733. The van der Waals surface area contributed by atoms with E-state index in [-0.39, 0.29) is 19.8 Å². The fourth-order valence-corrected chi connectivity index (χ4v) is 5.44. The molecule has 1 aromatic rings. The van der Waals surface area contributed by atoms with Crippen LogP contribution in [0.5, 0.6) is 0 Å². The van der Waals surface area contributed by atoms with Gasteiger partial charge < -0.3 is 29.2 Å². The second-order valence-electron chi connectivity index (χ2n) is 13.2. The van der Waals surface area contributed by atoms with Crippen LogP contribution >= 0.6 is 0 Å². The number of nitrogens with zero attached hydrogens (tertiary/aromatic N) is 1. The van der Waals surface area contributed by atoms with E-state index in [0.29, 0.717) is 38.7 Å². The molecule has 0 radical (unpaired) electrons. The largest absolute Gasteiger partial charge is 0.467 e. The first-order chi connectivity index (χ1) is 18.6. The summed E-state index contributed by atoms with van der Waals surface area (Å²) in [5.41, 5.74) is -0.375. The molecule has 2 unspecified atom stereocenters. The summed E-state index contributed by atoms with van der Waals surface area (Å²) in [4.78, 5) is 28.5. The van der Waals surface area contributed by atoms with E-state index in [1.807, 2.05) is 39.8 Å². The van der Waals surface area contributed by atoms with Crippen LogP contribution in [-0.4, -0.2) is 77.8 Å². The summed E-state index contributed by atoms with van der Waals surface area (Å²) in [6.07, 6.45) is 2.80. The number of hydrogen-bond acceptors (Lipinski definition) is 8. The third-order valence-corrected chi connectivity index (χ3v) is 8.41. The maximum absolute atomic E-state index is 13.4. The highest BCUT2D eigenvalue weighted by molar-refractivity contribution is 6.45. The van der Waals surface area contributed by atoms with E-state index in [0.717, 1.165) is 12.8 Å². The number of rotatable bonds is 11. The van der Waals surface area contributed by atoms with Gasteiger partial charge in [-0.2, -0.15) is 0 Å². The number of esters is 1. The lowest BCUT2D eigenvalue weighted by atomic mass is 9.80. The summed E-state index contributed by atoms with van der Waals surface area (Å²) >= 11 is 0. The third kappa shape index (κ3) is 7.99. The quantitative estimate of drug-likeness (QED) is 0.232. The van der Waals surface area contributed by atoms with Gasteiger partial charge in [0.25, 0.3) is 0 Å². The van der Waals surface area contributed by atoms with Gasteiger partial charge in [0.2, 0.25) is 0 Å². The summed E-state index contributed by atoms with van der Waals surface area (Å²) in [6.45, 7) is 14.6. The number of benzene rings is 1. The number of aliphatic hydroxyl groups is 1. The Morgan fingerprint density at radius 1 is 1.07 bits per heavy atom. The number of ether oxygens (including phenoxy) is 2. The molecular formula is C30H49BN2O7. The summed E-state index contributed by atoms with van der Waals surface area (Å²) in [7, 11) is 1.02. The van der Waals surface area contributed by atoms with Crippen molar-refractivity contribution in [1.29, 1.82) is 0 Å². The maximum atomic E-state index is 13.4. The van der Waals surface area contributed by atoms with Crippen molar-refractivity contribution in [1.82, 2.24) is 10.2 Å². The molecule has 2 atom stereocenters. The Bertz CT molecular complexity index is 1010. The molecule has 2 heterocycles. The zero-order valence-corrected chi connectivity index (χ0v) is 25.7. The SMILES string of the molecule is COC(=O)C(CCCCB1OC(C)(C)C(C)(C)O1)(CCN1Cc2ccccc2CC1CO)NC(=O)OC(C)(C)C. The van der Waals surface area contributed by atoms with Crippen LogP contribution in [-0.2, 0) is 36.5 Å². The van der Waals surface area contributed by atoms with Gasteiger partial charge in [-0.3, -0.25) is 4.90 Å². The number of amides is 1. The molecule has 40 heavy (non-hydrogen) atoms. The highest BCUT2D eigenvalue weighted by Crippen LogP contribution is 2.38. The highest BCUT2D eigenvalue weighted by atomic mass is 16.7. The third-order valence-electron chi connectivity index (χ3n) is 8.41. The molecule has 0 bridgehead atoms. The van der Waals surface area contributed by atoms with Crippen molar-refractivity contribution >= 4 is 19.2 Å². The van der Waals surface area contributed by atoms with Gasteiger partial charge in [-0.1, -0.05) is 37.1 Å². The van der Waals surface area contributed by atoms with Crippen molar-refractivity contribution in [2.75, 3.05) is 20.3 Å². The fourth-order valence-electron chi connectivity index (χ4n) is 5.44. The number of methoxy groups -OCH3 is 1. The van der Waals surface area contributed by atoms with E-state index in [9.17, 15) is 14.7 Å². The minimum Gasteiger partial charge on any atom is -0.467 e. The van der Waals surface area contributed by atoms with Crippen molar-refractivity contribution in [2.24, 2.45) is 0 Å². The second kappa shape index (κ2) is 12.8. The number of unbranched alkanes of at least 4 members (excludes halogenated alkanes) is 1. The predicted molar refractivity (Wildman–Crippen MR) is 155 cm³/mol. The summed E-state index contributed by atoms with van der Waals surface area (Å²) in [5, 5.41) is 13.0. The lowest BCUT2D eigenvalue weighted by molar-refractivity contribution is -0.149. The summed E-state index contributed by atoms with van der Waals surface area (Å²) in [6, 6.07) is 8.14. The number of carbonyl (C=O) groups excluding carboxylic acids is 2. The molecule has 0 aliphatic carbocycles. The Kier molecular flexibility index (Phi) is 10.4. The molecule has 1 saturated heterocycles. The molecule has 224 valence electrons. The van der Waals surface area contributed by atoms with Crippen molar-refractivity contribution in [2.45, 2.75) is 122 Å². The molecule has 1 fully saturated rings. The Balaban J connectivity index is 1.74. The normalized spacial score (nSPS) is 21.8. The zero-order valence-electron chi connectivity index (χ0n) is 25.7. The minimum absolute atomic E-state index is 0.00708. The average Bonchev–Trinajstić information content (AvgIpc) is 3.08. The number of alkyl carbamates (subject to hydrolysis) is 1. The van der Waals surface area contributed by atoms with E-state index >= 15 is 0 Å². The molecule has 9 nitrogen and oxygen atoms in total. The molecular weight excluding hydrogens is 511 g/mol. The molecule has 3 rings (SSSR count). The van der Waals surface area contributed by atoms with Gasteiger partial charge in [0.15, 0.2) is 0 Å². The smallest absolute Gasteiger partial charge is 0.457 e. The van der Waals surface area contributed by atoms with Gasteiger partial charge in [0.1, 0.15) is 11.1 Å². The molecule has 2 N–H and O–H groups in total. The van der Waals surface area contributed by atoms with Gasteiger partial charge >= 0.3 is 19.2 Å². The van der Waals surface area contributed by atoms with Crippen molar-refractivity contribution in [3.05, 3.63) is 35.4 Å². The number of carbonyl (C=O) groups is 2. The Morgan fingerprint density at radius 3 is 2.27 bits per heavy atom. The van der Waals surface area contributed by atoms with Crippen LogP contribution in [0, 0.1) is 0 Å². The first-order valence-corrected chi connectivity index (χ1v) is 14.5. The van der Waals surface area contributed by atoms with E-state index in [1.54, 1.807) is 20.8 Å². The number of fused-ring (bicyclic) bond motifs is 1. The summed E-state index contributed by atoms with van der Waals surface area (Å²) in [5.74, 6) is -0.507. The Labute approximate surface area is 240 Å². The first-order valence-electron chi connectivity index (χ1n) is 14.5. The lowest BCUT2D eigenvalue weighted by Crippen LogP contribution is -2.58. The molecule has 2 aliphatic heterocycles. The topological polar surface area (TPSA) is 107 Å². The van der Waals surface area contributed by atoms with Crippen LogP contribution in [0.3, 0.4) is 0 Å². The van der Waals surface area contributed by atoms with Gasteiger partial charge in [-0.25, -0.2) is 9.59 Å². The van der Waals surface area contributed by atoms with Gasteiger partial charge in [0, 0.05) is 19.1 Å². The lowest BCUT2D eigenvalue weighted by Gasteiger charge is -2.39. The number of hydrogen-bond donors (Lipinski definition) is 2. The number of nitrogens with one attached hydrogen (secondary N) is 1. The van der Waals surface area contributed by atoms with Crippen LogP contribution in [0.4, 0.5) is 4.79 Å². The highest BCUT2D eigenvalue weighted by Gasteiger charge is 2.50. The van der Waals surface area contributed by atoms with E-state index in [2.05, 4.69) is 22.3 Å². The van der Waals surface area contributed by atoms with Crippen molar-refractivity contribution in [3.8, 4) is 0 Å².